The van der Waals surface area contributed by atoms with Gasteiger partial charge >= 0.3 is 0 Å². The van der Waals surface area contributed by atoms with E-state index in [1.54, 1.807) is 24.4 Å². The van der Waals surface area contributed by atoms with Crippen molar-refractivity contribution in [2.45, 2.75) is 27.3 Å². The molecule has 0 fully saturated rings. The van der Waals surface area contributed by atoms with Crippen molar-refractivity contribution >= 4 is 12.1 Å². The van der Waals surface area contributed by atoms with Crippen molar-refractivity contribution in [1.29, 1.82) is 0 Å². The third-order valence-corrected chi connectivity index (χ3v) is 3.73. The molecular formula is C16H18N4O3. The van der Waals surface area contributed by atoms with Gasteiger partial charge in [0.2, 0.25) is 6.79 Å². The number of rotatable bonds is 4. The number of hydrogen-bond donors (Lipinski definition) is 1. The van der Waals surface area contributed by atoms with E-state index in [1.165, 1.54) is 0 Å². The first-order chi connectivity index (χ1) is 11.1. The van der Waals surface area contributed by atoms with Crippen LogP contribution in [0.5, 0.6) is 11.5 Å². The zero-order chi connectivity index (χ0) is 16.4. The molecule has 1 aliphatic heterocycles. The van der Waals surface area contributed by atoms with Gasteiger partial charge in [-0.15, -0.1) is 0 Å². The third-order valence-electron chi connectivity index (χ3n) is 3.73. The summed E-state index contributed by atoms with van der Waals surface area (Å²) >= 11 is 0. The Balaban J connectivity index is 1.70. The minimum Gasteiger partial charge on any atom is -0.454 e. The molecule has 3 rings (SSSR count). The normalized spacial score (nSPS) is 12.8. The molecule has 2 aromatic rings. The molecule has 1 aliphatic rings. The summed E-state index contributed by atoms with van der Waals surface area (Å²) in [6.07, 6.45) is 1.62. The number of nitrogens with one attached hydrogen (secondary N) is 1. The van der Waals surface area contributed by atoms with Crippen molar-refractivity contribution < 1.29 is 14.3 Å². The summed E-state index contributed by atoms with van der Waals surface area (Å²) in [5.74, 6) is 0.901. The number of amides is 1. The number of hydrazone groups is 1. The van der Waals surface area contributed by atoms with Crippen LogP contribution in [0.2, 0.25) is 0 Å². The number of ether oxygens (including phenoxy) is 2. The van der Waals surface area contributed by atoms with E-state index in [0.29, 0.717) is 17.1 Å². The Bertz CT molecular complexity index is 780. The zero-order valence-electron chi connectivity index (χ0n) is 13.3. The van der Waals surface area contributed by atoms with Crippen LogP contribution in [0, 0.1) is 13.8 Å². The summed E-state index contributed by atoms with van der Waals surface area (Å²) in [6.45, 7) is 6.90. The van der Waals surface area contributed by atoms with Gasteiger partial charge in [-0.05, 0) is 39.0 Å². The number of carbonyl (C=O) groups is 1. The first kappa shape index (κ1) is 15.1. The summed E-state index contributed by atoms with van der Waals surface area (Å²) in [7, 11) is 0. The predicted molar refractivity (Wildman–Crippen MR) is 85.0 cm³/mol. The van der Waals surface area contributed by atoms with Gasteiger partial charge in [0.25, 0.3) is 5.91 Å². The second-order valence-electron chi connectivity index (χ2n) is 5.17. The van der Waals surface area contributed by atoms with Gasteiger partial charge in [0.15, 0.2) is 11.5 Å². The molecule has 0 aliphatic carbocycles. The third kappa shape index (κ3) is 2.90. The van der Waals surface area contributed by atoms with E-state index in [9.17, 15) is 4.79 Å². The number of nitrogens with zero attached hydrogens (tertiary/aromatic N) is 3. The molecule has 0 spiro atoms. The Hall–Kier alpha value is -2.83. The maximum Gasteiger partial charge on any atom is 0.271 e. The van der Waals surface area contributed by atoms with Crippen LogP contribution >= 0.6 is 0 Å². The van der Waals surface area contributed by atoms with Crippen molar-refractivity contribution in [3.8, 4) is 11.5 Å². The first-order valence-corrected chi connectivity index (χ1v) is 7.37. The minimum absolute atomic E-state index is 0.179. The van der Waals surface area contributed by atoms with E-state index >= 15 is 0 Å². The van der Waals surface area contributed by atoms with Gasteiger partial charge in [-0.2, -0.15) is 10.2 Å². The molecule has 120 valence electrons. The van der Waals surface area contributed by atoms with Crippen molar-refractivity contribution in [2.24, 2.45) is 5.10 Å². The van der Waals surface area contributed by atoms with E-state index < -0.39 is 0 Å². The quantitative estimate of drug-likeness (QED) is 0.692. The molecule has 7 nitrogen and oxygen atoms in total. The molecule has 2 heterocycles. The van der Waals surface area contributed by atoms with Crippen LogP contribution in [0.15, 0.2) is 23.3 Å². The second-order valence-corrected chi connectivity index (χ2v) is 5.17. The molecule has 0 atom stereocenters. The van der Waals surface area contributed by atoms with Crippen LogP contribution in [-0.2, 0) is 6.54 Å². The lowest BCUT2D eigenvalue weighted by molar-refractivity contribution is 0.0954. The first-order valence-electron chi connectivity index (χ1n) is 7.37. The van der Waals surface area contributed by atoms with Crippen LogP contribution < -0.4 is 14.9 Å². The maximum absolute atomic E-state index is 12.1. The molecule has 1 N–H and O–H groups in total. The zero-order valence-corrected chi connectivity index (χ0v) is 13.3. The average molecular weight is 314 g/mol. The standard InChI is InChI=1S/C16H18N4O3/c1-4-20-11(3)13(10(2)19-20)8-17-18-16(21)12-5-6-14-15(7-12)23-9-22-14/h5-8H,4,9H2,1-3H3,(H,18,21)/b17-8+. The number of fused-ring (bicyclic) bond motifs is 1. The lowest BCUT2D eigenvalue weighted by Crippen LogP contribution is -2.17. The maximum atomic E-state index is 12.1. The van der Waals surface area contributed by atoms with Crippen molar-refractivity contribution in [3.63, 3.8) is 0 Å². The fraction of sp³-hybridized carbons (Fsp3) is 0.312. The van der Waals surface area contributed by atoms with Gasteiger partial charge in [-0.3, -0.25) is 9.48 Å². The predicted octanol–water partition coefficient (Wildman–Crippen LogP) is 2.01. The van der Waals surface area contributed by atoms with E-state index in [2.05, 4.69) is 15.6 Å². The highest BCUT2D eigenvalue weighted by molar-refractivity contribution is 5.95. The molecule has 1 amide bonds. The Morgan fingerprint density at radius 2 is 2.17 bits per heavy atom. The minimum atomic E-state index is -0.308. The lowest BCUT2D eigenvalue weighted by atomic mass is 10.2. The number of benzene rings is 1. The average Bonchev–Trinajstić information content (AvgIpc) is 3.12. The number of hydrogen-bond acceptors (Lipinski definition) is 5. The van der Waals surface area contributed by atoms with E-state index in [4.69, 9.17) is 9.47 Å². The molecule has 7 heteroatoms. The fourth-order valence-corrected chi connectivity index (χ4v) is 2.46. The summed E-state index contributed by atoms with van der Waals surface area (Å²) in [4.78, 5) is 12.1. The monoisotopic (exact) mass is 314 g/mol. The van der Waals surface area contributed by atoms with Gasteiger partial charge in [0.05, 0.1) is 11.9 Å². The Kier molecular flexibility index (Phi) is 4.01. The molecule has 0 unspecified atom stereocenters. The summed E-state index contributed by atoms with van der Waals surface area (Å²) in [5.41, 5.74) is 5.79. The van der Waals surface area contributed by atoms with Gasteiger partial charge < -0.3 is 9.47 Å². The Labute approximate surface area is 133 Å². The topological polar surface area (TPSA) is 77.7 Å². The summed E-state index contributed by atoms with van der Waals surface area (Å²) in [5, 5.41) is 8.44. The van der Waals surface area contributed by atoms with Crippen molar-refractivity contribution in [2.75, 3.05) is 6.79 Å². The number of aromatic nitrogens is 2. The van der Waals surface area contributed by atoms with Crippen molar-refractivity contribution in [3.05, 3.63) is 40.7 Å². The van der Waals surface area contributed by atoms with E-state index in [-0.39, 0.29) is 12.7 Å². The van der Waals surface area contributed by atoms with Crippen LogP contribution in [0.4, 0.5) is 0 Å². The fourth-order valence-electron chi connectivity index (χ4n) is 2.46. The molecule has 0 saturated heterocycles. The second kappa shape index (κ2) is 6.12. The smallest absolute Gasteiger partial charge is 0.271 e. The molecule has 1 aromatic heterocycles. The van der Waals surface area contributed by atoms with Crippen LogP contribution in [-0.4, -0.2) is 28.7 Å². The van der Waals surface area contributed by atoms with Crippen LogP contribution in [0.1, 0.15) is 34.2 Å². The SMILES string of the molecule is CCn1nc(C)c(/C=N/NC(=O)c2ccc3c(c2)OCO3)c1C. The van der Waals surface area contributed by atoms with Crippen LogP contribution in [0.25, 0.3) is 0 Å². The molecule has 0 bridgehead atoms. The molecular weight excluding hydrogens is 296 g/mol. The molecule has 1 aromatic carbocycles. The summed E-state index contributed by atoms with van der Waals surface area (Å²) in [6, 6.07) is 5.02. The van der Waals surface area contributed by atoms with Crippen LogP contribution in [0.3, 0.4) is 0 Å². The Morgan fingerprint density at radius 3 is 2.91 bits per heavy atom. The largest absolute Gasteiger partial charge is 0.454 e. The highest BCUT2D eigenvalue weighted by Crippen LogP contribution is 2.32. The van der Waals surface area contributed by atoms with Gasteiger partial charge in [0, 0.05) is 23.4 Å². The highest BCUT2D eigenvalue weighted by atomic mass is 16.7. The van der Waals surface area contributed by atoms with Gasteiger partial charge in [-0.1, -0.05) is 0 Å². The van der Waals surface area contributed by atoms with Crippen molar-refractivity contribution in [1.82, 2.24) is 15.2 Å². The lowest BCUT2D eigenvalue weighted by Gasteiger charge is -2.02. The Morgan fingerprint density at radius 1 is 1.39 bits per heavy atom. The van der Waals surface area contributed by atoms with E-state index in [1.807, 2.05) is 25.5 Å². The van der Waals surface area contributed by atoms with Gasteiger partial charge in [0.1, 0.15) is 0 Å². The number of aryl methyl sites for hydroxylation is 2. The summed E-state index contributed by atoms with van der Waals surface area (Å²) < 4.78 is 12.4. The highest BCUT2D eigenvalue weighted by Gasteiger charge is 2.16. The molecule has 23 heavy (non-hydrogen) atoms. The molecule has 0 radical (unpaired) electrons. The number of carbonyl (C=O) groups excluding carboxylic acids is 1. The van der Waals surface area contributed by atoms with Gasteiger partial charge in [-0.25, -0.2) is 5.43 Å². The molecule has 0 saturated carbocycles. The van der Waals surface area contributed by atoms with E-state index in [0.717, 1.165) is 23.5 Å².